The number of rotatable bonds is 3. The molecule has 1 aromatic carbocycles. The Morgan fingerprint density at radius 2 is 1.76 bits per heavy atom. The Hall–Kier alpha value is -1.26. The van der Waals surface area contributed by atoms with Crippen molar-refractivity contribution in [1.29, 1.82) is 0 Å². The standard InChI is InChI=1S/C20H30N2O2.ClH/c1-20(2,3)24-17-10-5-4-9-16(17)22-19(23)15-11-13-7-6-8-14(12-15)18(13)21;/h4-5,9-10,13-15,18H,6-8,11-12,21H2,1-3H3,(H,22,23);1H. The third kappa shape index (κ3) is 4.89. The van der Waals surface area contributed by atoms with Crippen LogP contribution in [-0.4, -0.2) is 17.6 Å². The third-order valence-electron chi connectivity index (χ3n) is 5.34. The van der Waals surface area contributed by atoms with Crippen LogP contribution in [0.25, 0.3) is 0 Å². The second-order valence-electron chi connectivity index (χ2n) is 8.40. The number of fused-ring (bicyclic) bond motifs is 2. The Labute approximate surface area is 157 Å². The number of nitrogens with two attached hydrogens (primary N) is 1. The topological polar surface area (TPSA) is 64.3 Å². The van der Waals surface area contributed by atoms with Crippen molar-refractivity contribution in [3.63, 3.8) is 0 Å². The molecule has 2 aliphatic rings. The number of para-hydroxylation sites is 2. The van der Waals surface area contributed by atoms with Gasteiger partial charge in [0.1, 0.15) is 11.4 Å². The molecule has 2 saturated carbocycles. The Kier molecular flexibility index (Phi) is 6.39. The van der Waals surface area contributed by atoms with Gasteiger partial charge < -0.3 is 15.8 Å². The van der Waals surface area contributed by atoms with E-state index in [-0.39, 0.29) is 29.8 Å². The SMILES string of the molecule is CC(C)(C)Oc1ccccc1NC(=O)C1CC2CCCC(C1)C2N.Cl. The maximum absolute atomic E-state index is 12.8. The molecule has 2 atom stereocenters. The van der Waals surface area contributed by atoms with E-state index in [1.54, 1.807) is 0 Å². The number of amides is 1. The minimum absolute atomic E-state index is 0. The van der Waals surface area contributed by atoms with Gasteiger partial charge in [-0.1, -0.05) is 18.6 Å². The van der Waals surface area contributed by atoms with E-state index in [0.29, 0.717) is 17.9 Å². The highest BCUT2D eigenvalue weighted by molar-refractivity contribution is 5.94. The number of benzene rings is 1. The second-order valence-corrected chi connectivity index (χ2v) is 8.40. The summed E-state index contributed by atoms with van der Waals surface area (Å²) in [5, 5.41) is 3.10. The van der Waals surface area contributed by atoms with E-state index < -0.39 is 0 Å². The predicted molar refractivity (Wildman–Crippen MR) is 104 cm³/mol. The fourth-order valence-electron chi connectivity index (χ4n) is 4.23. The zero-order valence-electron chi connectivity index (χ0n) is 15.5. The van der Waals surface area contributed by atoms with E-state index in [0.717, 1.165) is 24.3 Å². The molecule has 1 amide bonds. The van der Waals surface area contributed by atoms with Crippen molar-refractivity contribution in [2.75, 3.05) is 5.32 Å². The average Bonchev–Trinajstić information content (AvgIpc) is 2.47. The van der Waals surface area contributed by atoms with Gasteiger partial charge in [0.2, 0.25) is 5.91 Å². The van der Waals surface area contributed by atoms with Crippen molar-refractivity contribution in [3.05, 3.63) is 24.3 Å². The first-order valence-corrected chi connectivity index (χ1v) is 9.18. The largest absolute Gasteiger partial charge is 0.486 e. The van der Waals surface area contributed by atoms with Crippen LogP contribution in [-0.2, 0) is 4.79 Å². The molecular weight excluding hydrogens is 336 g/mol. The summed E-state index contributed by atoms with van der Waals surface area (Å²) >= 11 is 0. The van der Waals surface area contributed by atoms with Gasteiger partial charge in [-0.2, -0.15) is 0 Å². The number of hydrogen-bond acceptors (Lipinski definition) is 3. The summed E-state index contributed by atoms with van der Waals surface area (Å²) in [6.07, 6.45) is 5.45. The van der Waals surface area contributed by atoms with Crippen molar-refractivity contribution >= 4 is 24.0 Å². The summed E-state index contributed by atoms with van der Waals surface area (Å²) < 4.78 is 5.98. The average molecular weight is 367 g/mol. The molecule has 0 spiro atoms. The first-order chi connectivity index (χ1) is 11.3. The second kappa shape index (κ2) is 7.96. The summed E-state index contributed by atoms with van der Waals surface area (Å²) in [5.74, 6) is 1.93. The first kappa shape index (κ1) is 20.1. The summed E-state index contributed by atoms with van der Waals surface area (Å²) in [7, 11) is 0. The van der Waals surface area contributed by atoms with Gasteiger partial charge in [0.15, 0.2) is 0 Å². The maximum atomic E-state index is 12.8. The zero-order valence-corrected chi connectivity index (χ0v) is 16.3. The maximum Gasteiger partial charge on any atom is 0.227 e. The third-order valence-corrected chi connectivity index (χ3v) is 5.34. The van der Waals surface area contributed by atoms with Crippen LogP contribution >= 0.6 is 12.4 Å². The lowest BCUT2D eigenvalue weighted by molar-refractivity contribution is -0.122. The highest BCUT2D eigenvalue weighted by Gasteiger charge is 2.40. The van der Waals surface area contributed by atoms with Gasteiger partial charge in [-0.3, -0.25) is 4.79 Å². The Morgan fingerprint density at radius 1 is 1.16 bits per heavy atom. The van der Waals surface area contributed by atoms with Crippen LogP contribution in [0.4, 0.5) is 5.69 Å². The number of nitrogens with one attached hydrogen (secondary N) is 1. The molecule has 0 heterocycles. The monoisotopic (exact) mass is 366 g/mol. The van der Waals surface area contributed by atoms with E-state index in [1.165, 1.54) is 19.3 Å². The van der Waals surface area contributed by atoms with Crippen LogP contribution in [0.3, 0.4) is 0 Å². The van der Waals surface area contributed by atoms with Crippen LogP contribution < -0.4 is 15.8 Å². The molecule has 25 heavy (non-hydrogen) atoms. The lowest BCUT2D eigenvalue weighted by atomic mass is 9.65. The van der Waals surface area contributed by atoms with Crippen LogP contribution in [0.1, 0.15) is 52.9 Å². The number of carbonyl (C=O) groups is 1. The molecule has 5 heteroatoms. The lowest BCUT2D eigenvalue weighted by Gasteiger charge is -2.43. The molecule has 2 bridgehead atoms. The highest BCUT2D eigenvalue weighted by atomic mass is 35.5. The minimum Gasteiger partial charge on any atom is -0.486 e. The first-order valence-electron chi connectivity index (χ1n) is 9.18. The van der Waals surface area contributed by atoms with Crippen LogP contribution in [0.15, 0.2) is 24.3 Å². The number of ether oxygens (including phenoxy) is 1. The quantitative estimate of drug-likeness (QED) is 0.834. The van der Waals surface area contributed by atoms with E-state index in [9.17, 15) is 4.79 Å². The molecule has 4 nitrogen and oxygen atoms in total. The molecule has 0 saturated heterocycles. The molecule has 3 N–H and O–H groups in total. The molecule has 0 aliphatic heterocycles. The molecule has 2 unspecified atom stereocenters. The molecule has 140 valence electrons. The van der Waals surface area contributed by atoms with Crippen molar-refractivity contribution < 1.29 is 9.53 Å². The molecule has 3 rings (SSSR count). The molecule has 2 aliphatic carbocycles. The molecular formula is C20H31ClN2O2. The van der Waals surface area contributed by atoms with Crippen LogP contribution in [0, 0.1) is 17.8 Å². The van der Waals surface area contributed by atoms with E-state index in [4.69, 9.17) is 10.5 Å². The van der Waals surface area contributed by atoms with E-state index in [2.05, 4.69) is 5.32 Å². The van der Waals surface area contributed by atoms with Gasteiger partial charge in [-0.15, -0.1) is 12.4 Å². The summed E-state index contributed by atoms with van der Waals surface area (Å²) in [6.45, 7) is 6.03. The van der Waals surface area contributed by atoms with Gasteiger partial charge in [0.05, 0.1) is 5.69 Å². The summed E-state index contributed by atoms with van der Waals surface area (Å²) in [5.41, 5.74) is 6.81. The molecule has 2 fully saturated rings. The lowest BCUT2D eigenvalue weighted by Crippen LogP contribution is -2.48. The van der Waals surface area contributed by atoms with Gasteiger partial charge in [-0.05, 0) is 70.4 Å². The van der Waals surface area contributed by atoms with Crippen LogP contribution in [0.5, 0.6) is 5.75 Å². The van der Waals surface area contributed by atoms with E-state index >= 15 is 0 Å². The van der Waals surface area contributed by atoms with Gasteiger partial charge in [0.25, 0.3) is 0 Å². The molecule has 0 radical (unpaired) electrons. The summed E-state index contributed by atoms with van der Waals surface area (Å²) in [6, 6.07) is 7.97. The zero-order chi connectivity index (χ0) is 17.3. The molecule has 0 aromatic heterocycles. The Bertz CT molecular complexity index is 586. The van der Waals surface area contributed by atoms with Crippen molar-refractivity contribution in [2.24, 2.45) is 23.5 Å². The van der Waals surface area contributed by atoms with E-state index in [1.807, 2.05) is 45.0 Å². The van der Waals surface area contributed by atoms with Gasteiger partial charge in [0, 0.05) is 12.0 Å². The van der Waals surface area contributed by atoms with Crippen molar-refractivity contribution in [3.8, 4) is 5.75 Å². The smallest absolute Gasteiger partial charge is 0.227 e. The number of hydrogen-bond donors (Lipinski definition) is 2. The fraction of sp³-hybridized carbons (Fsp3) is 0.650. The van der Waals surface area contributed by atoms with Crippen molar-refractivity contribution in [1.82, 2.24) is 0 Å². The van der Waals surface area contributed by atoms with Gasteiger partial charge >= 0.3 is 0 Å². The van der Waals surface area contributed by atoms with Gasteiger partial charge in [-0.25, -0.2) is 0 Å². The fourth-order valence-corrected chi connectivity index (χ4v) is 4.23. The number of halogens is 1. The minimum atomic E-state index is -0.296. The highest BCUT2D eigenvalue weighted by Crippen LogP contribution is 2.42. The normalized spacial score (nSPS) is 28.6. The Balaban J connectivity index is 0.00000225. The number of anilines is 1. The summed E-state index contributed by atoms with van der Waals surface area (Å²) in [4.78, 5) is 12.8. The molecule has 1 aromatic rings. The van der Waals surface area contributed by atoms with Crippen LogP contribution in [0.2, 0.25) is 0 Å². The van der Waals surface area contributed by atoms with Crippen molar-refractivity contribution in [2.45, 2.75) is 64.5 Å². The predicted octanol–water partition coefficient (Wildman–Crippen LogP) is 4.38. The number of carbonyl (C=O) groups excluding carboxylic acids is 1. The Morgan fingerprint density at radius 3 is 2.36 bits per heavy atom.